The Kier molecular flexibility index (Phi) is 3.76. The first kappa shape index (κ1) is 16.2. The predicted octanol–water partition coefficient (Wildman–Crippen LogP) is 3.51. The lowest BCUT2D eigenvalue weighted by molar-refractivity contribution is 0.0926. The number of para-hydroxylation sites is 2. The average molecular weight is 393 g/mol. The number of aromatic nitrogens is 4. The van der Waals surface area contributed by atoms with Gasteiger partial charge in [0.2, 0.25) is 5.13 Å². The fraction of sp³-hybridized carbons (Fsp3) is 0.0556. The number of anilines is 1. The molecule has 2 amide bonds. The normalized spacial score (nSPS) is 13.6. The third-order valence-corrected chi connectivity index (χ3v) is 6.20. The van der Waals surface area contributed by atoms with E-state index < -0.39 is 0 Å². The Morgan fingerprint density at radius 2 is 1.67 bits per heavy atom. The van der Waals surface area contributed by atoms with Crippen molar-refractivity contribution in [2.45, 2.75) is 10.1 Å². The number of carbonyl (C=O) groups is 2. The van der Waals surface area contributed by atoms with Crippen molar-refractivity contribution in [3.63, 3.8) is 0 Å². The molecule has 0 saturated carbocycles. The van der Waals surface area contributed by atoms with Crippen LogP contribution in [0.4, 0.5) is 5.13 Å². The van der Waals surface area contributed by atoms with Crippen LogP contribution in [0.2, 0.25) is 0 Å². The van der Waals surface area contributed by atoms with Crippen LogP contribution in [-0.4, -0.2) is 32.0 Å². The summed E-state index contributed by atoms with van der Waals surface area (Å²) < 4.78 is 0.669. The van der Waals surface area contributed by atoms with Crippen molar-refractivity contribution in [1.82, 2.24) is 20.2 Å². The third kappa shape index (κ3) is 2.71. The third-order valence-electron chi connectivity index (χ3n) is 4.15. The molecule has 0 aliphatic carbocycles. The molecule has 4 aromatic rings. The predicted molar refractivity (Wildman–Crippen MR) is 103 cm³/mol. The summed E-state index contributed by atoms with van der Waals surface area (Å²) in [6, 6.07) is 14.6. The lowest BCUT2D eigenvalue weighted by atomic mass is 10.1. The summed E-state index contributed by atoms with van der Waals surface area (Å²) in [5.74, 6) is 0.700. The highest BCUT2D eigenvalue weighted by molar-refractivity contribution is 8.00. The van der Waals surface area contributed by atoms with E-state index >= 15 is 0 Å². The number of nitrogens with one attached hydrogen (secondary N) is 1. The molecule has 3 heterocycles. The van der Waals surface area contributed by atoms with E-state index in [1.54, 1.807) is 24.3 Å². The summed E-state index contributed by atoms with van der Waals surface area (Å²) in [4.78, 5) is 33.9. The van der Waals surface area contributed by atoms with E-state index in [1.807, 2.05) is 24.3 Å². The Morgan fingerprint density at radius 1 is 0.963 bits per heavy atom. The molecule has 0 fully saturated rings. The number of hydrogen-bond donors (Lipinski definition) is 1. The lowest BCUT2D eigenvalue weighted by Crippen LogP contribution is -2.29. The van der Waals surface area contributed by atoms with Gasteiger partial charge in [0.25, 0.3) is 11.8 Å². The van der Waals surface area contributed by atoms with Crippen molar-refractivity contribution in [3.05, 3.63) is 65.5 Å². The number of imidazole rings is 1. The Morgan fingerprint density at radius 3 is 2.41 bits per heavy atom. The quantitative estimate of drug-likeness (QED) is 0.324. The Bertz CT molecular complexity index is 1130. The van der Waals surface area contributed by atoms with Crippen LogP contribution in [0, 0.1) is 0 Å². The first-order chi connectivity index (χ1) is 13.2. The van der Waals surface area contributed by atoms with Gasteiger partial charge in [0.05, 0.1) is 27.9 Å². The number of carbonyl (C=O) groups excluding carboxylic acids is 2. The highest BCUT2D eigenvalue weighted by atomic mass is 32.2. The summed E-state index contributed by atoms with van der Waals surface area (Å²) >= 11 is 2.67. The molecule has 0 atom stereocenters. The molecule has 0 spiro atoms. The van der Waals surface area contributed by atoms with Crippen LogP contribution in [0.15, 0.2) is 52.9 Å². The molecule has 27 heavy (non-hydrogen) atoms. The second kappa shape index (κ2) is 6.29. The molecule has 0 radical (unpaired) electrons. The molecule has 1 N–H and O–H groups in total. The summed E-state index contributed by atoms with van der Waals surface area (Å²) in [5.41, 5.74) is 2.69. The fourth-order valence-corrected chi connectivity index (χ4v) is 4.63. The number of H-pyrrole nitrogens is 1. The van der Waals surface area contributed by atoms with E-state index in [2.05, 4.69) is 20.2 Å². The van der Waals surface area contributed by atoms with Crippen molar-refractivity contribution in [1.29, 1.82) is 0 Å². The van der Waals surface area contributed by atoms with E-state index in [-0.39, 0.29) is 16.9 Å². The maximum Gasteiger partial charge on any atom is 0.268 e. The molecule has 9 heteroatoms. The minimum atomic E-state index is -0.361. The zero-order chi connectivity index (χ0) is 18.4. The van der Waals surface area contributed by atoms with Gasteiger partial charge in [0.1, 0.15) is 5.82 Å². The van der Waals surface area contributed by atoms with Gasteiger partial charge in [-0.25, -0.2) is 9.88 Å². The molecule has 2 aromatic heterocycles. The Balaban J connectivity index is 1.34. The minimum Gasteiger partial charge on any atom is -0.341 e. The summed E-state index contributed by atoms with van der Waals surface area (Å²) in [7, 11) is 0. The molecule has 0 unspecified atom stereocenters. The van der Waals surface area contributed by atoms with Crippen LogP contribution in [-0.2, 0) is 5.75 Å². The van der Waals surface area contributed by atoms with Gasteiger partial charge in [0, 0.05) is 0 Å². The zero-order valence-corrected chi connectivity index (χ0v) is 15.4. The molecule has 0 bridgehead atoms. The van der Waals surface area contributed by atoms with Gasteiger partial charge in [-0.1, -0.05) is 47.4 Å². The number of amides is 2. The van der Waals surface area contributed by atoms with E-state index in [1.165, 1.54) is 23.1 Å². The van der Waals surface area contributed by atoms with E-state index in [0.717, 1.165) is 21.8 Å². The van der Waals surface area contributed by atoms with Crippen molar-refractivity contribution < 1.29 is 9.59 Å². The molecule has 1 aliphatic rings. The minimum absolute atomic E-state index is 0.285. The Hall–Kier alpha value is -3.04. The molecular weight excluding hydrogens is 382 g/mol. The second-order valence-electron chi connectivity index (χ2n) is 5.83. The second-order valence-corrected chi connectivity index (χ2v) is 8.01. The smallest absolute Gasteiger partial charge is 0.268 e. The van der Waals surface area contributed by atoms with Crippen LogP contribution in [0.5, 0.6) is 0 Å². The maximum atomic E-state index is 12.5. The highest BCUT2D eigenvalue weighted by Gasteiger charge is 2.38. The topological polar surface area (TPSA) is 91.8 Å². The maximum absolute atomic E-state index is 12.5. The molecule has 1 aliphatic heterocycles. The monoisotopic (exact) mass is 393 g/mol. The number of rotatable bonds is 4. The lowest BCUT2D eigenvalue weighted by Gasteiger charge is -2.07. The van der Waals surface area contributed by atoms with Gasteiger partial charge in [0.15, 0.2) is 4.34 Å². The van der Waals surface area contributed by atoms with Crippen LogP contribution in [0.25, 0.3) is 11.0 Å². The molecule has 2 aromatic carbocycles. The van der Waals surface area contributed by atoms with Crippen LogP contribution < -0.4 is 4.90 Å². The molecular formula is C18H11N5O2S2. The molecule has 7 nitrogen and oxygen atoms in total. The number of nitrogens with zero attached hydrogens (tertiary/aromatic N) is 4. The number of hydrogen-bond acceptors (Lipinski definition) is 7. The van der Waals surface area contributed by atoms with E-state index in [0.29, 0.717) is 21.2 Å². The average Bonchev–Trinajstić information content (AvgIpc) is 3.37. The van der Waals surface area contributed by atoms with Gasteiger partial charge < -0.3 is 4.98 Å². The van der Waals surface area contributed by atoms with E-state index in [4.69, 9.17) is 0 Å². The molecule has 132 valence electrons. The largest absolute Gasteiger partial charge is 0.341 e. The van der Waals surface area contributed by atoms with Crippen molar-refractivity contribution in [2.24, 2.45) is 0 Å². The fourth-order valence-electron chi connectivity index (χ4n) is 2.92. The molecule has 0 saturated heterocycles. The van der Waals surface area contributed by atoms with Crippen molar-refractivity contribution >= 4 is 51.1 Å². The van der Waals surface area contributed by atoms with Gasteiger partial charge in [-0.2, -0.15) is 0 Å². The number of benzene rings is 2. The summed E-state index contributed by atoms with van der Waals surface area (Å²) in [6.45, 7) is 0. The highest BCUT2D eigenvalue weighted by Crippen LogP contribution is 2.34. The van der Waals surface area contributed by atoms with Crippen molar-refractivity contribution in [2.75, 3.05) is 4.90 Å². The van der Waals surface area contributed by atoms with Gasteiger partial charge in [-0.05, 0) is 24.3 Å². The van der Waals surface area contributed by atoms with Crippen molar-refractivity contribution in [3.8, 4) is 0 Å². The van der Waals surface area contributed by atoms with Crippen LogP contribution in [0.1, 0.15) is 26.5 Å². The van der Waals surface area contributed by atoms with E-state index in [9.17, 15) is 9.59 Å². The standard InChI is InChI=1S/C18H11N5O2S2/c24-15-10-5-1-2-6-11(10)16(25)23(15)17-21-22-18(27-17)26-9-14-19-12-7-3-4-8-13(12)20-14/h1-8H,9H2,(H,19,20). The Labute approximate surface area is 161 Å². The number of aromatic amines is 1. The summed E-state index contributed by atoms with van der Waals surface area (Å²) in [5, 5.41) is 8.43. The van der Waals surface area contributed by atoms with Gasteiger partial charge >= 0.3 is 0 Å². The first-order valence-electron chi connectivity index (χ1n) is 8.08. The van der Waals surface area contributed by atoms with Crippen LogP contribution in [0.3, 0.4) is 0 Å². The van der Waals surface area contributed by atoms with Crippen LogP contribution >= 0.6 is 23.1 Å². The van der Waals surface area contributed by atoms with Gasteiger partial charge in [-0.3, -0.25) is 9.59 Å². The SMILES string of the molecule is O=C1c2ccccc2C(=O)N1c1nnc(SCc2nc3ccccc3[nH]2)s1. The summed E-state index contributed by atoms with van der Waals surface area (Å²) in [6.07, 6.45) is 0. The molecule has 5 rings (SSSR count). The number of imide groups is 1. The van der Waals surface area contributed by atoms with Gasteiger partial charge in [-0.15, -0.1) is 10.2 Å². The number of fused-ring (bicyclic) bond motifs is 2. The zero-order valence-electron chi connectivity index (χ0n) is 13.7. The number of thioether (sulfide) groups is 1. The first-order valence-corrected chi connectivity index (χ1v) is 9.88.